The minimum atomic E-state index is -5.45. The van der Waals surface area contributed by atoms with Gasteiger partial charge in [0.2, 0.25) is 5.91 Å². The summed E-state index contributed by atoms with van der Waals surface area (Å²) in [6.45, 7) is -6.13. The van der Waals surface area contributed by atoms with E-state index in [2.05, 4.69) is 4.98 Å². The molecule has 3 aromatic carbocycles. The zero-order chi connectivity index (χ0) is 54.8. The lowest BCUT2D eigenvalue weighted by molar-refractivity contribution is -0.137. The number of aromatic nitrogens is 2. The molecule has 0 N–H and O–H groups in total. The normalized spacial score (nSPS) is 24.3. The molecule has 1 heterocycles. The Morgan fingerprint density at radius 3 is 2.19 bits per heavy atom. The summed E-state index contributed by atoms with van der Waals surface area (Å²) in [6.07, 6.45) is -17.0. The van der Waals surface area contributed by atoms with Crippen molar-refractivity contribution in [1.82, 2.24) is 19.4 Å². The molecule has 47 heavy (non-hydrogen) atoms. The Bertz CT molecular complexity index is 2860. The van der Waals surface area contributed by atoms with E-state index in [1.54, 1.807) is 13.8 Å². The summed E-state index contributed by atoms with van der Waals surface area (Å²) in [5.41, 5.74) is -15.7. The number of rotatable bonds is 13. The van der Waals surface area contributed by atoms with Gasteiger partial charge in [-0.3, -0.25) is 9.59 Å². The number of hydrogen-bond acceptors (Lipinski definition) is 5. The maximum atomic E-state index is 15.2. The third kappa shape index (κ3) is 8.70. The van der Waals surface area contributed by atoms with Gasteiger partial charge in [0.05, 0.1) is 27.5 Å². The lowest BCUT2D eigenvalue weighted by Gasteiger charge is -2.28. The highest BCUT2D eigenvalue weighted by Gasteiger charge is 2.30. The largest absolute Gasteiger partial charge is 0.416 e. The van der Waals surface area contributed by atoms with E-state index in [0.29, 0.717) is 0 Å². The van der Waals surface area contributed by atoms with E-state index in [4.69, 9.17) is 27.4 Å². The second-order valence-corrected chi connectivity index (χ2v) is 10.0. The van der Waals surface area contributed by atoms with Crippen LogP contribution in [0.1, 0.15) is 81.1 Å². The summed E-state index contributed by atoms with van der Waals surface area (Å²) in [6, 6.07) is -17.7. The van der Waals surface area contributed by atoms with Gasteiger partial charge in [-0.05, 0) is 78.6 Å². The van der Waals surface area contributed by atoms with E-state index < -0.39 is 203 Å². The fourth-order valence-electron chi connectivity index (χ4n) is 3.86. The van der Waals surface area contributed by atoms with Crippen LogP contribution < -0.4 is 5.56 Å². The first kappa shape index (κ1) is 15.1. The number of carbonyl (C=O) groups excluding carboxylic acids is 1. The topological polar surface area (TPSA) is 58.4 Å². The minimum absolute atomic E-state index is 0.0625. The van der Waals surface area contributed by atoms with Crippen molar-refractivity contribution < 1.29 is 55.3 Å². The number of halogens is 4. The van der Waals surface area contributed by atoms with E-state index in [1.165, 1.54) is 4.90 Å². The highest BCUT2D eigenvalue weighted by molar-refractivity contribution is 7.98. The van der Waals surface area contributed by atoms with E-state index in [0.717, 1.165) is 0 Å². The van der Waals surface area contributed by atoms with E-state index in [9.17, 15) is 27.8 Å². The third-order valence-corrected chi connectivity index (χ3v) is 7.05. The molecule has 0 atom stereocenters. The molecule has 0 radical (unpaired) electrons. The molecule has 1 aromatic heterocycles. The first-order valence-corrected chi connectivity index (χ1v) is 14.4. The lowest BCUT2D eigenvalue weighted by Crippen LogP contribution is -2.40. The first-order chi connectivity index (χ1) is 32.1. The monoisotopic (exact) mass is 690 g/mol. The number of thioether (sulfide) groups is 1. The average molecular weight is 691 g/mol. The summed E-state index contributed by atoms with van der Waals surface area (Å²) in [4.78, 5) is 33.9. The van der Waals surface area contributed by atoms with Gasteiger partial charge < -0.3 is 14.4 Å². The smallest absolute Gasteiger partial charge is 0.336 e. The Balaban J connectivity index is 1.87. The number of amides is 1. The van der Waals surface area contributed by atoms with Crippen molar-refractivity contribution in [2.45, 2.75) is 63.0 Å². The fourth-order valence-corrected chi connectivity index (χ4v) is 4.51. The van der Waals surface area contributed by atoms with Crippen molar-refractivity contribution in [3.8, 4) is 11.1 Å². The zero-order valence-electron chi connectivity index (χ0n) is 48.4. The summed E-state index contributed by atoms with van der Waals surface area (Å²) in [7, 11) is 0. The molecule has 0 aliphatic heterocycles. The maximum absolute atomic E-state index is 15.2. The molecule has 0 unspecified atom stereocenters. The number of nitrogens with zero attached hydrogens (tertiary/aromatic N) is 4. The van der Waals surface area contributed by atoms with E-state index in [1.807, 2.05) is 0 Å². The van der Waals surface area contributed by atoms with Gasteiger partial charge in [-0.1, -0.05) is 73.9 Å². The predicted octanol–water partition coefficient (Wildman–Crippen LogP) is 7.22. The van der Waals surface area contributed by atoms with Crippen LogP contribution in [0, 0.1) is 5.82 Å². The molecule has 1 amide bonds. The van der Waals surface area contributed by atoms with Crippen LogP contribution in [0.3, 0.4) is 0 Å². The van der Waals surface area contributed by atoms with Gasteiger partial charge in [-0.15, -0.1) is 0 Å². The number of fused-ring (bicyclic) bond motifs is 1. The molecule has 0 saturated heterocycles. The molecule has 248 valence electrons. The van der Waals surface area contributed by atoms with Crippen LogP contribution in [0.15, 0.2) is 82.5 Å². The van der Waals surface area contributed by atoms with Crippen molar-refractivity contribution >= 4 is 17.7 Å². The molecule has 6 nitrogen and oxygen atoms in total. The van der Waals surface area contributed by atoms with Gasteiger partial charge >= 0.3 is 6.18 Å². The summed E-state index contributed by atoms with van der Waals surface area (Å²) >= 11 is -0.539. The molecule has 0 fully saturated rings. The van der Waals surface area contributed by atoms with Crippen molar-refractivity contribution in [3.63, 3.8) is 0 Å². The van der Waals surface area contributed by atoms with Crippen molar-refractivity contribution in [1.29, 1.82) is 0 Å². The minimum Gasteiger partial charge on any atom is -0.336 e. The summed E-state index contributed by atoms with van der Waals surface area (Å²) in [5.74, 6) is -3.99. The second kappa shape index (κ2) is 15.3. The number of likely N-dealkylation sites (N-methyl/N-ethyl adjacent to an activating group) is 1. The van der Waals surface area contributed by atoms with Gasteiger partial charge in [-0.25, -0.2) is 4.39 Å². The highest BCUT2D eigenvalue weighted by atomic mass is 32.2. The summed E-state index contributed by atoms with van der Waals surface area (Å²) < 4.78 is 263. The molecule has 0 saturated carbocycles. The molecule has 0 bridgehead atoms. The van der Waals surface area contributed by atoms with Crippen LogP contribution in [0.25, 0.3) is 11.1 Å². The number of benzene rings is 3. The zero-order valence-corrected chi connectivity index (χ0v) is 25.2. The Morgan fingerprint density at radius 1 is 0.957 bits per heavy atom. The van der Waals surface area contributed by atoms with Crippen molar-refractivity contribution in [2.24, 2.45) is 0 Å². The summed E-state index contributed by atoms with van der Waals surface area (Å²) in [5, 5.41) is -1.51. The molecule has 1 aliphatic carbocycles. The van der Waals surface area contributed by atoms with Crippen molar-refractivity contribution in [2.75, 3.05) is 26.2 Å². The standard InChI is InChI=1S/C36H38F4N4O2S/c1-3-42(4-2)20-21-43(22-25-8-12-27(13-9-25)28-14-16-29(17-15-28)36(38,39)40)33(45)23-44-32-7-5-6-31(32)34(46)41-35(44)47-24-26-10-18-30(37)19-11-26/h8-19H,3-7,20-24H2,1-2H3/i5D2,6D2,7D2,8D,9D,10D,11D,12D,13D,14D,15D,16D,17D,18D,19D,22D2,23D2,24D2. The Labute approximate surface area is 310 Å². The van der Waals surface area contributed by atoms with Crippen LogP contribution in [0.2, 0.25) is 0 Å². The average Bonchev–Trinajstić information content (AvgIpc) is 3.35. The van der Waals surface area contributed by atoms with Gasteiger partial charge in [-0.2, -0.15) is 18.2 Å². The van der Waals surface area contributed by atoms with Crippen LogP contribution in [0.4, 0.5) is 17.6 Å². The molecular formula is C36H38F4N4O2S. The predicted molar refractivity (Wildman–Crippen MR) is 177 cm³/mol. The Morgan fingerprint density at radius 2 is 1.57 bits per heavy atom. The number of alkyl halides is 3. The van der Waals surface area contributed by atoms with Crippen LogP contribution in [-0.4, -0.2) is 51.4 Å². The Hall–Kier alpha value is -3.96. The Kier molecular flexibility index (Phi) is 4.91. The van der Waals surface area contributed by atoms with Crippen LogP contribution in [0.5, 0.6) is 0 Å². The molecule has 1 aliphatic rings. The van der Waals surface area contributed by atoms with E-state index in [-0.39, 0.29) is 22.6 Å². The van der Waals surface area contributed by atoms with Gasteiger partial charge in [0, 0.05) is 47.5 Å². The number of carbonyl (C=O) groups is 1. The second-order valence-electron chi connectivity index (χ2n) is 9.23. The van der Waals surface area contributed by atoms with Gasteiger partial charge in [0.25, 0.3) is 5.56 Å². The third-order valence-electron chi connectivity index (χ3n) is 6.29. The highest BCUT2D eigenvalue weighted by Crippen LogP contribution is 2.31. The van der Waals surface area contributed by atoms with Gasteiger partial charge in [0.1, 0.15) is 12.3 Å². The first-order valence-electron chi connectivity index (χ1n) is 25.6. The molecule has 5 rings (SSSR count). The number of hydrogen-bond donors (Lipinski definition) is 0. The molecule has 0 spiro atoms. The van der Waals surface area contributed by atoms with Crippen molar-refractivity contribution in [3.05, 3.63) is 117 Å². The lowest BCUT2D eigenvalue weighted by atomic mass is 10.0. The quantitative estimate of drug-likeness (QED) is 0.0843. The van der Waals surface area contributed by atoms with Crippen LogP contribution in [-0.2, 0) is 42.4 Å². The maximum Gasteiger partial charge on any atom is 0.416 e. The molecular weight excluding hydrogens is 628 g/mol. The van der Waals surface area contributed by atoms with E-state index >= 15 is 4.79 Å². The van der Waals surface area contributed by atoms with Gasteiger partial charge in [0.15, 0.2) is 5.16 Å². The SMILES string of the molecule is [2H]c1c([2H])c(C([2H])([2H])Sc2nc(=O)c3c(n2C([2H])([2H])C(=O)N(CCN(CC)CC)C([2H])([2H])c2c([2H])c([2H])c(-c4c([2H])c([2H])c(C(F)(F)F)c([2H])c4[2H])c([2H])c2[2H])C([2H])([2H])C([2H])([2H])C3([2H])[2H])c([2H])c([2H])c1F. The molecule has 11 heteroatoms. The van der Waals surface area contributed by atoms with Crippen LogP contribution >= 0.6 is 11.8 Å². The molecule has 4 aromatic rings. The fraction of sp³-hybridized carbons (Fsp3) is 0.361.